The Labute approximate surface area is 115 Å². The SMILES string of the molecule is [N-]=[N+]=C(C(=O)[C@@H]1CN[C@H](C(=O)O)[C@H]1CC(=O)O)C(F)(F)F. The molecule has 3 N–H and O–H groups in total. The first-order valence-electron chi connectivity index (χ1n) is 5.61. The van der Waals surface area contributed by atoms with Gasteiger partial charge < -0.3 is 21.1 Å². The molecule has 0 unspecified atom stereocenters. The number of hydrogen-bond donors (Lipinski definition) is 3. The molecule has 1 aliphatic heterocycles. The van der Waals surface area contributed by atoms with Crippen molar-refractivity contribution in [2.75, 3.05) is 6.54 Å². The number of carbonyl (C=O) groups is 3. The lowest BCUT2D eigenvalue weighted by atomic mass is 9.83. The van der Waals surface area contributed by atoms with Gasteiger partial charge in [-0.3, -0.25) is 14.4 Å². The maximum atomic E-state index is 12.5. The lowest BCUT2D eigenvalue weighted by molar-refractivity contribution is -0.143. The van der Waals surface area contributed by atoms with E-state index in [-0.39, 0.29) is 0 Å². The van der Waals surface area contributed by atoms with Gasteiger partial charge >= 0.3 is 23.8 Å². The van der Waals surface area contributed by atoms with Gasteiger partial charge in [0, 0.05) is 18.4 Å². The Morgan fingerprint density at radius 3 is 2.24 bits per heavy atom. The number of ketones is 1. The second kappa shape index (κ2) is 6.02. The molecule has 0 aromatic carbocycles. The molecule has 8 nitrogen and oxygen atoms in total. The second-order valence-corrected chi connectivity index (χ2v) is 4.40. The molecule has 0 amide bonds. The van der Waals surface area contributed by atoms with Gasteiger partial charge in [-0.15, -0.1) is 0 Å². The van der Waals surface area contributed by atoms with Gasteiger partial charge in [-0.1, -0.05) is 0 Å². The fourth-order valence-electron chi connectivity index (χ4n) is 2.23. The van der Waals surface area contributed by atoms with E-state index in [9.17, 15) is 27.6 Å². The first kappa shape index (κ1) is 16.8. The van der Waals surface area contributed by atoms with Crippen molar-refractivity contribution >= 4 is 23.4 Å². The van der Waals surface area contributed by atoms with Crippen molar-refractivity contribution < 1.29 is 42.6 Å². The number of carboxylic acid groups (broad SMARTS) is 2. The van der Waals surface area contributed by atoms with Gasteiger partial charge in [0.15, 0.2) is 0 Å². The molecule has 1 aliphatic rings. The molecule has 0 spiro atoms. The summed E-state index contributed by atoms with van der Waals surface area (Å²) in [6, 6.07) is -1.47. The second-order valence-electron chi connectivity index (χ2n) is 4.40. The predicted molar refractivity (Wildman–Crippen MR) is 58.3 cm³/mol. The third kappa shape index (κ3) is 3.64. The number of Topliss-reactive ketones (excluding diaryl/α,β-unsaturated/α-hetero) is 1. The Morgan fingerprint density at radius 2 is 1.86 bits per heavy atom. The van der Waals surface area contributed by atoms with Crippen LogP contribution < -0.4 is 5.32 Å². The first-order chi connectivity index (χ1) is 9.59. The highest BCUT2D eigenvalue weighted by atomic mass is 19.4. The van der Waals surface area contributed by atoms with Gasteiger partial charge in [0.1, 0.15) is 6.04 Å². The fraction of sp³-hybridized carbons (Fsp3) is 0.600. The third-order valence-electron chi connectivity index (χ3n) is 3.12. The van der Waals surface area contributed by atoms with Gasteiger partial charge in [-0.2, -0.15) is 18.0 Å². The summed E-state index contributed by atoms with van der Waals surface area (Å²) in [6.07, 6.45) is -6.03. The van der Waals surface area contributed by atoms with Gasteiger partial charge in [0.25, 0.3) is 5.78 Å². The molecule has 21 heavy (non-hydrogen) atoms. The number of nitrogens with zero attached hydrogens (tertiary/aromatic N) is 2. The van der Waals surface area contributed by atoms with E-state index in [0.717, 1.165) is 0 Å². The maximum Gasteiger partial charge on any atom is 0.498 e. The summed E-state index contributed by atoms with van der Waals surface area (Å²) in [6.45, 7) is -0.456. The summed E-state index contributed by atoms with van der Waals surface area (Å²) < 4.78 is 37.5. The molecule has 0 aromatic heterocycles. The molecular formula is C10H10F3N3O5. The molecule has 0 aromatic rings. The molecule has 116 valence electrons. The standard InChI is InChI=1S/C10H10F3N3O5/c11-10(12,13)8(16-14)7(19)4-2-15-6(9(20)21)3(4)1-5(17)18/h3-4,6,15H,1-2H2,(H,17,18)(H,20,21)/t3-,4+,6-/m0/s1. The van der Waals surface area contributed by atoms with Crippen LogP contribution in [-0.2, 0) is 14.4 Å². The van der Waals surface area contributed by atoms with Crippen molar-refractivity contribution in [1.29, 1.82) is 0 Å². The molecular weight excluding hydrogens is 299 g/mol. The van der Waals surface area contributed by atoms with Crippen molar-refractivity contribution in [2.24, 2.45) is 11.8 Å². The van der Waals surface area contributed by atoms with Crippen LogP contribution in [0.15, 0.2) is 0 Å². The van der Waals surface area contributed by atoms with Crippen LogP contribution in [-0.4, -0.2) is 57.2 Å². The van der Waals surface area contributed by atoms with Crippen molar-refractivity contribution in [3.05, 3.63) is 5.53 Å². The first-order valence-corrected chi connectivity index (χ1v) is 5.61. The Bertz CT molecular complexity index is 527. The lowest BCUT2D eigenvalue weighted by Crippen LogP contribution is -2.41. The molecule has 0 saturated carbocycles. The Hall–Kier alpha value is -2.26. The van der Waals surface area contributed by atoms with E-state index in [1.165, 1.54) is 0 Å². The van der Waals surface area contributed by atoms with Crippen LogP contribution in [0.2, 0.25) is 0 Å². The zero-order valence-electron chi connectivity index (χ0n) is 10.3. The number of aliphatic carboxylic acids is 2. The molecule has 0 bridgehead atoms. The van der Waals surface area contributed by atoms with Gasteiger partial charge in [-0.05, 0) is 0 Å². The Kier molecular flexibility index (Phi) is 4.81. The zero-order valence-corrected chi connectivity index (χ0v) is 10.3. The summed E-state index contributed by atoms with van der Waals surface area (Å²) in [7, 11) is 0. The highest BCUT2D eigenvalue weighted by molar-refractivity contribution is 6.40. The summed E-state index contributed by atoms with van der Waals surface area (Å²) >= 11 is 0. The molecule has 0 aliphatic carbocycles. The Balaban J connectivity index is 3.10. The third-order valence-corrected chi connectivity index (χ3v) is 3.12. The fourth-order valence-corrected chi connectivity index (χ4v) is 2.23. The normalized spacial score (nSPS) is 25.2. The van der Waals surface area contributed by atoms with Crippen molar-refractivity contribution in [1.82, 2.24) is 5.32 Å². The summed E-state index contributed by atoms with van der Waals surface area (Å²) in [5, 5.41) is 19.9. The van der Waals surface area contributed by atoms with E-state index in [2.05, 4.69) is 5.32 Å². The van der Waals surface area contributed by atoms with Crippen LogP contribution in [0.3, 0.4) is 0 Å². The predicted octanol–water partition coefficient (Wildman–Crippen LogP) is -0.448. The molecule has 1 heterocycles. The Morgan fingerprint density at radius 1 is 1.29 bits per heavy atom. The molecule has 11 heteroatoms. The van der Waals surface area contributed by atoms with Crippen molar-refractivity contribution in [3.8, 4) is 0 Å². The minimum absolute atomic E-state index is 0.456. The monoisotopic (exact) mass is 309 g/mol. The van der Waals surface area contributed by atoms with E-state index in [1.807, 2.05) is 4.79 Å². The van der Waals surface area contributed by atoms with Crippen LogP contribution in [0.25, 0.3) is 5.53 Å². The number of hydrogen-bond acceptors (Lipinski definition) is 4. The van der Waals surface area contributed by atoms with Gasteiger partial charge in [0.2, 0.25) is 0 Å². The summed E-state index contributed by atoms with van der Waals surface area (Å²) in [4.78, 5) is 35.3. The van der Waals surface area contributed by atoms with Crippen LogP contribution >= 0.6 is 0 Å². The average molecular weight is 309 g/mol. The number of halogens is 3. The van der Waals surface area contributed by atoms with E-state index in [1.54, 1.807) is 0 Å². The van der Waals surface area contributed by atoms with Crippen LogP contribution in [0.4, 0.5) is 13.2 Å². The smallest absolute Gasteiger partial charge is 0.481 e. The van der Waals surface area contributed by atoms with E-state index < -0.39 is 60.5 Å². The topological polar surface area (TPSA) is 140 Å². The maximum absolute atomic E-state index is 12.5. The van der Waals surface area contributed by atoms with Crippen LogP contribution in [0, 0.1) is 11.8 Å². The van der Waals surface area contributed by atoms with E-state index >= 15 is 0 Å². The zero-order chi connectivity index (χ0) is 16.4. The number of carbonyl (C=O) groups excluding carboxylic acids is 1. The largest absolute Gasteiger partial charge is 0.498 e. The minimum atomic E-state index is -5.22. The van der Waals surface area contributed by atoms with Gasteiger partial charge in [-0.25, -0.2) is 0 Å². The summed E-state index contributed by atoms with van der Waals surface area (Å²) in [5.41, 5.74) is 6.24. The van der Waals surface area contributed by atoms with E-state index in [4.69, 9.17) is 15.7 Å². The van der Waals surface area contributed by atoms with E-state index in [0.29, 0.717) is 0 Å². The number of nitrogens with one attached hydrogen (secondary N) is 1. The molecule has 1 saturated heterocycles. The quantitative estimate of drug-likeness (QED) is 0.357. The van der Waals surface area contributed by atoms with Crippen LogP contribution in [0.1, 0.15) is 6.42 Å². The van der Waals surface area contributed by atoms with Gasteiger partial charge in [0.05, 0.1) is 6.42 Å². The summed E-state index contributed by atoms with van der Waals surface area (Å²) in [5.74, 6) is -7.53. The minimum Gasteiger partial charge on any atom is -0.481 e. The highest BCUT2D eigenvalue weighted by Gasteiger charge is 2.55. The lowest BCUT2D eigenvalue weighted by Gasteiger charge is -2.17. The van der Waals surface area contributed by atoms with Crippen LogP contribution in [0.5, 0.6) is 0 Å². The highest BCUT2D eigenvalue weighted by Crippen LogP contribution is 2.30. The number of rotatable bonds is 5. The molecule has 0 radical (unpaired) electrons. The van der Waals surface area contributed by atoms with Crippen molar-refractivity contribution in [3.63, 3.8) is 0 Å². The number of alkyl halides is 3. The molecule has 1 fully saturated rings. The van der Waals surface area contributed by atoms with Crippen molar-refractivity contribution in [2.45, 2.75) is 18.6 Å². The molecule has 1 rings (SSSR count). The number of carboxylic acids is 2. The average Bonchev–Trinajstić information content (AvgIpc) is 2.70. The molecule has 3 atom stereocenters.